The summed E-state index contributed by atoms with van der Waals surface area (Å²) < 4.78 is 29.3. The highest BCUT2D eigenvalue weighted by molar-refractivity contribution is 7.16. The number of nitrogens with zero attached hydrogens (tertiary/aromatic N) is 4. The van der Waals surface area contributed by atoms with E-state index in [0.717, 1.165) is 9.75 Å². The first kappa shape index (κ1) is 18.6. The molecule has 0 atom stereocenters. The minimum Gasteiger partial charge on any atom is -0.320 e. The second kappa shape index (κ2) is 8.11. The fraction of sp³-hybridized carbons (Fsp3) is 0. The van der Waals surface area contributed by atoms with Crippen LogP contribution in [-0.2, 0) is 4.79 Å². The SMILES string of the molecule is O=C(C=Cc1ccc(-c2ccccc2F)s1)Nc1cc(-n2cnnn2)ccc1F. The van der Waals surface area contributed by atoms with Gasteiger partial charge in [-0.1, -0.05) is 18.2 Å². The predicted octanol–water partition coefficient (Wildman–Crippen LogP) is 4.32. The predicted molar refractivity (Wildman–Crippen MR) is 106 cm³/mol. The molecular weight excluding hydrogens is 396 g/mol. The van der Waals surface area contributed by atoms with Gasteiger partial charge in [0.2, 0.25) is 5.91 Å². The minimum atomic E-state index is -0.582. The van der Waals surface area contributed by atoms with E-state index in [1.807, 2.05) is 0 Å². The summed E-state index contributed by atoms with van der Waals surface area (Å²) in [5, 5.41) is 13.3. The van der Waals surface area contributed by atoms with Gasteiger partial charge in [-0.25, -0.2) is 13.5 Å². The number of carbonyl (C=O) groups excluding carboxylic acids is 1. The van der Waals surface area contributed by atoms with Gasteiger partial charge in [-0.15, -0.1) is 16.4 Å². The lowest BCUT2D eigenvalue weighted by atomic mass is 10.2. The molecule has 2 aromatic carbocycles. The van der Waals surface area contributed by atoms with E-state index < -0.39 is 11.7 Å². The van der Waals surface area contributed by atoms with Gasteiger partial charge < -0.3 is 5.32 Å². The molecule has 9 heteroatoms. The monoisotopic (exact) mass is 409 g/mol. The molecule has 0 bridgehead atoms. The van der Waals surface area contributed by atoms with Crippen LogP contribution >= 0.6 is 11.3 Å². The third-order valence-corrected chi connectivity index (χ3v) is 5.07. The molecule has 4 rings (SSSR count). The zero-order chi connectivity index (χ0) is 20.2. The van der Waals surface area contributed by atoms with Gasteiger partial charge in [0.1, 0.15) is 18.0 Å². The van der Waals surface area contributed by atoms with Crippen LogP contribution in [0.1, 0.15) is 4.88 Å². The van der Waals surface area contributed by atoms with Crippen molar-refractivity contribution in [2.75, 3.05) is 5.32 Å². The molecule has 0 aliphatic heterocycles. The summed E-state index contributed by atoms with van der Waals surface area (Å²) in [5.41, 5.74) is 1.01. The Bertz CT molecular complexity index is 1190. The Labute approximate surface area is 168 Å². The fourth-order valence-corrected chi connectivity index (χ4v) is 3.55. The van der Waals surface area contributed by atoms with E-state index in [1.54, 1.807) is 36.4 Å². The highest BCUT2D eigenvalue weighted by Crippen LogP contribution is 2.30. The van der Waals surface area contributed by atoms with E-state index in [9.17, 15) is 13.6 Å². The van der Waals surface area contributed by atoms with Crippen molar-refractivity contribution in [2.24, 2.45) is 0 Å². The molecule has 0 saturated carbocycles. The molecule has 2 aromatic heterocycles. The van der Waals surface area contributed by atoms with Gasteiger partial charge in [-0.05, 0) is 52.9 Å². The third kappa shape index (κ3) is 4.25. The second-order valence-electron chi connectivity index (χ2n) is 5.92. The summed E-state index contributed by atoms with van der Waals surface area (Å²) in [6, 6.07) is 14.2. The highest BCUT2D eigenvalue weighted by Gasteiger charge is 2.09. The molecule has 2 heterocycles. The molecule has 144 valence electrons. The van der Waals surface area contributed by atoms with Crippen LogP contribution < -0.4 is 5.32 Å². The van der Waals surface area contributed by atoms with Gasteiger partial charge in [0, 0.05) is 21.4 Å². The summed E-state index contributed by atoms with van der Waals surface area (Å²) in [6.07, 6.45) is 4.25. The van der Waals surface area contributed by atoms with Gasteiger partial charge >= 0.3 is 0 Å². The van der Waals surface area contributed by atoms with Crippen LogP contribution in [0.25, 0.3) is 22.2 Å². The zero-order valence-corrected chi connectivity index (χ0v) is 15.6. The third-order valence-electron chi connectivity index (χ3n) is 3.99. The molecule has 6 nitrogen and oxygen atoms in total. The van der Waals surface area contributed by atoms with Crippen molar-refractivity contribution in [1.82, 2.24) is 20.2 Å². The zero-order valence-electron chi connectivity index (χ0n) is 14.8. The molecule has 1 amide bonds. The van der Waals surface area contributed by atoms with Gasteiger partial charge in [0.15, 0.2) is 0 Å². The normalized spacial score (nSPS) is 11.1. The van der Waals surface area contributed by atoms with Crippen LogP contribution in [0.5, 0.6) is 0 Å². The lowest BCUT2D eigenvalue weighted by Crippen LogP contribution is -2.10. The number of amides is 1. The first-order valence-electron chi connectivity index (χ1n) is 8.47. The molecule has 0 spiro atoms. The maximum Gasteiger partial charge on any atom is 0.248 e. The number of anilines is 1. The van der Waals surface area contributed by atoms with Crippen LogP contribution in [-0.4, -0.2) is 26.1 Å². The number of tetrazole rings is 1. The number of carbonyl (C=O) groups is 1. The molecule has 4 aromatic rings. The minimum absolute atomic E-state index is 0.00544. The number of aromatic nitrogens is 4. The average molecular weight is 409 g/mol. The fourth-order valence-electron chi connectivity index (χ4n) is 2.61. The number of hydrogen-bond donors (Lipinski definition) is 1. The smallest absolute Gasteiger partial charge is 0.248 e. The van der Waals surface area contributed by atoms with Crippen molar-refractivity contribution >= 4 is 29.0 Å². The van der Waals surface area contributed by atoms with Crippen molar-refractivity contribution in [3.63, 3.8) is 0 Å². The molecule has 0 radical (unpaired) electrons. The topological polar surface area (TPSA) is 72.7 Å². The van der Waals surface area contributed by atoms with E-state index in [-0.39, 0.29) is 11.5 Å². The maximum absolute atomic E-state index is 14.0. The number of rotatable bonds is 5. The second-order valence-corrected chi connectivity index (χ2v) is 7.04. The summed E-state index contributed by atoms with van der Waals surface area (Å²) in [6.45, 7) is 0. The molecule has 1 N–H and O–H groups in total. The van der Waals surface area contributed by atoms with Crippen molar-refractivity contribution in [1.29, 1.82) is 0 Å². The van der Waals surface area contributed by atoms with E-state index in [2.05, 4.69) is 20.8 Å². The Morgan fingerprint density at radius 1 is 1.07 bits per heavy atom. The van der Waals surface area contributed by atoms with Gasteiger partial charge in [-0.3, -0.25) is 4.79 Å². The number of hydrogen-bond acceptors (Lipinski definition) is 5. The summed E-state index contributed by atoms with van der Waals surface area (Å²) >= 11 is 1.35. The summed E-state index contributed by atoms with van der Waals surface area (Å²) in [4.78, 5) is 13.7. The Hall–Kier alpha value is -3.72. The van der Waals surface area contributed by atoms with E-state index in [1.165, 1.54) is 52.7 Å². The standard InChI is InChI=1S/C20H13F2N5OS/c21-16-4-2-1-3-15(16)19-9-6-14(29-19)7-10-20(28)24-18-11-13(5-8-17(18)22)27-12-23-25-26-27/h1-12H,(H,24,28). The number of halogens is 2. The quantitative estimate of drug-likeness (QED) is 0.498. The molecular formula is C20H13F2N5OS. The summed E-state index contributed by atoms with van der Waals surface area (Å²) in [5.74, 6) is -1.39. The lowest BCUT2D eigenvalue weighted by Gasteiger charge is -2.06. The van der Waals surface area contributed by atoms with E-state index >= 15 is 0 Å². The number of benzene rings is 2. The molecule has 29 heavy (non-hydrogen) atoms. The summed E-state index contributed by atoms with van der Waals surface area (Å²) in [7, 11) is 0. The molecule has 0 unspecified atom stereocenters. The van der Waals surface area contributed by atoms with Crippen molar-refractivity contribution < 1.29 is 13.6 Å². The average Bonchev–Trinajstić information content (AvgIpc) is 3.41. The van der Waals surface area contributed by atoms with Crippen LogP contribution in [0.2, 0.25) is 0 Å². The first-order valence-corrected chi connectivity index (χ1v) is 9.28. The Kier molecular flexibility index (Phi) is 5.21. The number of thiophene rings is 1. The van der Waals surface area contributed by atoms with Crippen molar-refractivity contribution in [3.05, 3.63) is 83.5 Å². The highest BCUT2D eigenvalue weighted by atomic mass is 32.1. The maximum atomic E-state index is 14.0. The number of nitrogens with one attached hydrogen (secondary N) is 1. The molecule has 0 aliphatic rings. The molecule has 0 aliphatic carbocycles. The lowest BCUT2D eigenvalue weighted by molar-refractivity contribution is -0.111. The Morgan fingerprint density at radius 3 is 2.72 bits per heavy atom. The first-order chi connectivity index (χ1) is 14.1. The Balaban J connectivity index is 1.47. The Morgan fingerprint density at radius 2 is 1.93 bits per heavy atom. The van der Waals surface area contributed by atoms with Crippen LogP contribution in [0.4, 0.5) is 14.5 Å². The van der Waals surface area contributed by atoms with Crippen molar-refractivity contribution in [3.8, 4) is 16.1 Å². The van der Waals surface area contributed by atoms with Crippen LogP contribution in [0.3, 0.4) is 0 Å². The van der Waals surface area contributed by atoms with Crippen LogP contribution in [0, 0.1) is 11.6 Å². The van der Waals surface area contributed by atoms with Crippen molar-refractivity contribution in [2.45, 2.75) is 0 Å². The van der Waals surface area contributed by atoms with Gasteiger partial charge in [-0.2, -0.15) is 0 Å². The largest absolute Gasteiger partial charge is 0.320 e. The van der Waals surface area contributed by atoms with Gasteiger partial charge in [0.05, 0.1) is 11.4 Å². The van der Waals surface area contributed by atoms with E-state index in [0.29, 0.717) is 11.3 Å². The van der Waals surface area contributed by atoms with Gasteiger partial charge in [0.25, 0.3) is 0 Å². The molecule has 0 saturated heterocycles. The van der Waals surface area contributed by atoms with Crippen LogP contribution in [0.15, 0.2) is 67.0 Å². The molecule has 0 fully saturated rings. The van der Waals surface area contributed by atoms with E-state index in [4.69, 9.17) is 0 Å².